The average molecular weight is 428 g/mol. The summed E-state index contributed by atoms with van der Waals surface area (Å²) in [6.45, 7) is 2.56. The van der Waals surface area contributed by atoms with Gasteiger partial charge in [-0.25, -0.2) is 22.4 Å². The lowest BCUT2D eigenvalue weighted by Crippen LogP contribution is -2.34. The summed E-state index contributed by atoms with van der Waals surface area (Å²) in [6.07, 6.45) is 7.64. The van der Waals surface area contributed by atoms with E-state index in [1.165, 1.54) is 6.07 Å². The second-order valence-electron chi connectivity index (χ2n) is 8.18. The number of nitrogens with zero attached hydrogens (tertiary/aromatic N) is 5. The van der Waals surface area contributed by atoms with Crippen molar-refractivity contribution in [1.82, 2.24) is 18.9 Å². The smallest absolute Gasteiger partial charge is 0.153 e. The maximum absolute atomic E-state index is 13.8. The molecule has 30 heavy (non-hydrogen) atoms. The molecule has 2 aliphatic rings. The zero-order valence-corrected chi connectivity index (χ0v) is 17.9. The lowest BCUT2D eigenvalue weighted by molar-refractivity contribution is 0.330. The molecule has 0 aliphatic carbocycles. The minimum Gasteiger partial charge on any atom is -0.348 e. The number of fused-ring (bicyclic) bond motifs is 1. The molecule has 6 nitrogen and oxygen atoms in total. The van der Waals surface area contributed by atoms with Crippen LogP contribution in [0.25, 0.3) is 5.65 Å². The summed E-state index contributed by atoms with van der Waals surface area (Å²) in [7, 11) is -0.908. The zero-order chi connectivity index (χ0) is 20.7. The van der Waals surface area contributed by atoms with Crippen LogP contribution in [0.5, 0.6) is 0 Å². The molecule has 0 bridgehead atoms. The summed E-state index contributed by atoms with van der Waals surface area (Å²) >= 11 is 0. The number of aromatic nitrogens is 3. The van der Waals surface area contributed by atoms with Gasteiger partial charge in [0.05, 0.1) is 28.9 Å². The fraction of sp³-hybridized carbons (Fsp3) is 0.455. The Morgan fingerprint density at radius 1 is 1.10 bits per heavy atom. The van der Waals surface area contributed by atoms with Crippen molar-refractivity contribution < 1.29 is 8.60 Å². The first-order valence-electron chi connectivity index (χ1n) is 10.6. The topological polar surface area (TPSA) is 53.7 Å². The van der Waals surface area contributed by atoms with Gasteiger partial charge in [0.2, 0.25) is 0 Å². The Bertz CT molecular complexity index is 1080. The van der Waals surface area contributed by atoms with Crippen LogP contribution in [0.15, 0.2) is 42.6 Å². The summed E-state index contributed by atoms with van der Waals surface area (Å²) in [5.41, 5.74) is 2.96. The highest BCUT2D eigenvalue weighted by Gasteiger charge is 2.29. The lowest BCUT2D eigenvalue weighted by Gasteiger charge is -2.29. The van der Waals surface area contributed by atoms with Crippen molar-refractivity contribution in [3.63, 3.8) is 0 Å². The molecule has 1 aromatic carbocycles. The van der Waals surface area contributed by atoms with Crippen molar-refractivity contribution in [3.05, 3.63) is 59.7 Å². The maximum Gasteiger partial charge on any atom is 0.153 e. The van der Waals surface area contributed by atoms with E-state index in [-0.39, 0.29) is 11.9 Å². The summed E-state index contributed by atoms with van der Waals surface area (Å²) in [5.74, 6) is 1.07. The first kappa shape index (κ1) is 19.6. The molecule has 2 aliphatic heterocycles. The normalized spacial score (nSPS) is 22.1. The predicted octanol–water partition coefficient (Wildman–Crippen LogP) is 3.68. The number of imidazole rings is 1. The largest absolute Gasteiger partial charge is 0.348 e. The molecule has 158 valence electrons. The van der Waals surface area contributed by atoms with E-state index in [4.69, 9.17) is 5.10 Å². The number of piperidine rings is 1. The fourth-order valence-corrected chi connectivity index (χ4v) is 5.55. The zero-order valence-electron chi connectivity index (χ0n) is 17.1. The van der Waals surface area contributed by atoms with Gasteiger partial charge in [0.1, 0.15) is 11.6 Å². The van der Waals surface area contributed by atoms with E-state index in [0.717, 1.165) is 68.0 Å². The number of benzene rings is 1. The molecule has 0 radical (unpaired) electrons. The molecule has 0 spiro atoms. The van der Waals surface area contributed by atoms with Gasteiger partial charge in [0, 0.05) is 31.8 Å². The van der Waals surface area contributed by atoms with Crippen LogP contribution < -0.4 is 4.90 Å². The van der Waals surface area contributed by atoms with Gasteiger partial charge >= 0.3 is 0 Å². The second-order valence-corrected chi connectivity index (χ2v) is 9.54. The van der Waals surface area contributed by atoms with E-state index in [1.807, 2.05) is 33.2 Å². The van der Waals surface area contributed by atoms with Crippen LogP contribution in [0, 0.1) is 5.82 Å². The van der Waals surface area contributed by atoms with Gasteiger partial charge in [-0.15, -0.1) is 5.10 Å². The Balaban J connectivity index is 1.44. The Morgan fingerprint density at radius 2 is 1.93 bits per heavy atom. The van der Waals surface area contributed by atoms with Gasteiger partial charge in [-0.3, -0.25) is 0 Å². The quantitative estimate of drug-likeness (QED) is 0.637. The van der Waals surface area contributed by atoms with Gasteiger partial charge in [-0.05, 0) is 55.5 Å². The second kappa shape index (κ2) is 8.07. The van der Waals surface area contributed by atoms with Gasteiger partial charge in [0.25, 0.3) is 0 Å². The minimum atomic E-state index is -0.908. The molecule has 1 unspecified atom stereocenters. The monoisotopic (exact) mass is 427 g/mol. The van der Waals surface area contributed by atoms with Gasteiger partial charge in [-0.2, -0.15) is 0 Å². The van der Waals surface area contributed by atoms with Crippen molar-refractivity contribution in [2.45, 2.75) is 37.6 Å². The SMILES string of the molecule is CS(=O)N1CCC(c2cnc3ccc(N4CCC[C@@H]4c4cccc(F)c4)nn23)CC1. The fourth-order valence-electron chi connectivity index (χ4n) is 4.82. The van der Waals surface area contributed by atoms with Crippen LogP contribution in [-0.2, 0) is 11.0 Å². The van der Waals surface area contributed by atoms with Crippen molar-refractivity contribution in [3.8, 4) is 0 Å². The molecule has 2 aromatic heterocycles. The van der Waals surface area contributed by atoms with E-state index < -0.39 is 11.0 Å². The van der Waals surface area contributed by atoms with Gasteiger partial charge in [-0.1, -0.05) is 12.1 Å². The van der Waals surface area contributed by atoms with Crippen LogP contribution in [0.2, 0.25) is 0 Å². The molecule has 3 aromatic rings. The van der Waals surface area contributed by atoms with Crippen LogP contribution in [0.1, 0.15) is 48.9 Å². The van der Waals surface area contributed by atoms with E-state index in [0.29, 0.717) is 5.92 Å². The van der Waals surface area contributed by atoms with Crippen LogP contribution in [0.3, 0.4) is 0 Å². The molecule has 0 saturated carbocycles. The first-order valence-corrected chi connectivity index (χ1v) is 12.1. The van der Waals surface area contributed by atoms with E-state index >= 15 is 0 Å². The molecule has 2 atom stereocenters. The third-order valence-corrected chi connectivity index (χ3v) is 7.48. The highest BCUT2D eigenvalue weighted by molar-refractivity contribution is 7.81. The van der Waals surface area contributed by atoms with Crippen molar-refractivity contribution in [2.24, 2.45) is 0 Å². The molecule has 8 heteroatoms. The van der Waals surface area contributed by atoms with Crippen LogP contribution in [-0.4, -0.2) is 49.0 Å². The third-order valence-electron chi connectivity index (χ3n) is 6.39. The Morgan fingerprint density at radius 3 is 2.70 bits per heavy atom. The molecule has 2 saturated heterocycles. The van der Waals surface area contributed by atoms with Crippen LogP contribution >= 0.6 is 0 Å². The predicted molar refractivity (Wildman–Crippen MR) is 116 cm³/mol. The number of anilines is 1. The summed E-state index contributed by atoms with van der Waals surface area (Å²) < 4.78 is 29.5. The van der Waals surface area contributed by atoms with Crippen LogP contribution in [0.4, 0.5) is 10.2 Å². The Labute approximate surface area is 178 Å². The summed E-state index contributed by atoms with van der Waals surface area (Å²) in [5, 5.41) is 4.96. The van der Waals surface area contributed by atoms with E-state index in [9.17, 15) is 8.60 Å². The maximum atomic E-state index is 13.8. The number of hydrogen-bond donors (Lipinski definition) is 0. The Kier molecular flexibility index (Phi) is 5.28. The summed E-state index contributed by atoms with van der Waals surface area (Å²) in [6, 6.07) is 11.1. The van der Waals surface area contributed by atoms with Crippen molar-refractivity contribution in [2.75, 3.05) is 30.8 Å². The standard InChI is InChI=1S/C22H26FN5OS/c1-30(29)26-12-9-16(10-13-26)20-15-24-21-7-8-22(25-28(20)21)27-11-3-6-19(27)17-4-2-5-18(23)14-17/h2,4-5,7-8,14-16,19H,3,6,9-13H2,1H3/t19-,30?/m1/s1. The number of hydrogen-bond acceptors (Lipinski definition) is 4. The van der Waals surface area contributed by atoms with Crippen molar-refractivity contribution >= 4 is 22.5 Å². The molecular weight excluding hydrogens is 401 g/mol. The summed E-state index contributed by atoms with van der Waals surface area (Å²) in [4.78, 5) is 6.84. The molecular formula is C22H26FN5OS. The lowest BCUT2D eigenvalue weighted by atomic mass is 9.95. The third kappa shape index (κ3) is 3.63. The number of halogens is 1. The highest BCUT2D eigenvalue weighted by atomic mass is 32.2. The molecule has 5 rings (SSSR count). The molecule has 2 fully saturated rings. The number of rotatable bonds is 4. The molecule has 0 N–H and O–H groups in total. The molecule has 0 amide bonds. The van der Waals surface area contributed by atoms with Gasteiger partial charge < -0.3 is 4.90 Å². The van der Waals surface area contributed by atoms with Gasteiger partial charge in [0.15, 0.2) is 5.65 Å². The first-order chi connectivity index (χ1) is 14.6. The van der Waals surface area contributed by atoms with Crippen molar-refractivity contribution in [1.29, 1.82) is 0 Å². The molecule has 4 heterocycles. The highest BCUT2D eigenvalue weighted by Crippen LogP contribution is 2.36. The van der Waals surface area contributed by atoms with E-state index in [2.05, 4.69) is 9.88 Å². The minimum absolute atomic E-state index is 0.139. The Hall–Kier alpha value is -2.32. The average Bonchev–Trinajstić information content (AvgIpc) is 3.40. The van der Waals surface area contributed by atoms with E-state index in [1.54, 1.807) is 18.4 Å².